The molecule has 0 radical (unpaired) electrons. The van der Waals surface area contributed by atoms with Crippen LogP contribution in [-0.2, 0) is 34.4 Å². The van der Waals surface area contributed by atoms with Crippen LogP contribution >= 0.6 is 0 Å². The van der Waals surface area contributed by atoms with Crippen molar-refractivity contribution in [2.24, 2.45) is 0 Å². The molecular formula is C23H28O4. The lowest BCUT2D eigenvalue weighted by atomic mass is 9.87. The number of carboxylic acids is 1. The zero-order chi connectivity index (χ0) is 19.4. The fraction of sp³-hybridized carbons (Fsp3) is 0.435. The van der Waals surface area contributed by atoms with Crippen LogP contribution in [0.4, 0.5) is 0 Å². The molecule has 0 saturated carbocycles. The Bertz CT molecular complexity index is 787. The van der Waals surface area contributed by atoms with E-state index in [4.69, 9.17) is 14.6 Å². The predicted molar refractivity (Wildman–Crippen MR) is 105 cm³/mol. The summed E-state index contributed by atoms with van der Waals surface area (Å²) in [6.07, 6.45) is 2.48. The summed E-state index contributed by atoms with van der Waals surface area (Å²) >= 11 is 0. The van der Waals surface area contributed by atoms with E-state index >= 15 is 0 Å². The third-order valence-corrected chi connectivity index (χ3v) is 5.03. The molecule has 0 amide bonds. The molecule has 1 N–H and O–H groups in total. The van der Waals surface area contributed by atoms with E-state index in [1.807, 2.05) is 6.07 Å². The van der Waals surface area contributed by atoms with Crippen LogP contribution in [0.1, 0.15) is 49.4 Å². The minimum Gasteiger partial charge on any atom is -0.489 e. The molecule has 0 saturated heterocycles. The Balaban J connectivity index is 1.57. The Hall–Kier alpha value is -2.33. The van der Waals surface area contributed by atoms with Crippen LogP contribution in [-0.4, -0.2) is 23.8 Å². The lowest BCUT2D eigenvalue weighted by Gasteiger charge is -2.24. The standard InChI is InChI=1S/C23H28O4/c1-23(2,3)19-8-4-16(5-9-19)14-26-20-10-6-18-13-21(27-15-22(24)25)11-7-17(18)12-20/h4-6,8-10,12,21H,7,11,13-15H2,1-3H3,(H,24,25). The van der Waals surface area contributed by atoms with Gasteiger partial charge in [0.25, 0.3) is 0 Å². The van der Waals surface area contributed by atoms with Gasteiger partial charge in [-0.15, -0.1) is 0 Å². The summed E-state index contributed by atoms with van der Waals surface area (Å²) < 4.78 is 11.4. The SMILES string of the molecule is CC(C)(C)c1ccc(COc2ccc3c(c2)CCC(OCC(=O)O)C3)cc1. The number of hydrogen-bond donors (Lipinski definition) is 1. The van der Waals surface area contributed by atoms with Gasteiger partial charge in [0.15, 0.2) is 0 Å². The van der Waals surface area contributed by atoms with Crippen LogP contribution in [0, 0.1) is 0 Å². The van der Waals surface area contributed by atoms with E-state index < -0.39 is 5.97 Å². The third-order valence-electron chi connectivity index (χ3n) is 5.03. The van der Waals surface area contributed by atoms with Gasteiger partial charge in [-0.3, -0.25) is 0 Å². The van der Waals surface area contributed by atoms with Crippen molar-refractivity contribution in [3.05, 3.63) is 64.7 Å². The van der Waals surface area contributed by atoms with Crippen molar-refractivity contribution in [3.8, 4) is 5.75 Å². The van der Waals surface area contributed by atoms with Crippen LogP contribution < -0.4 is 4.74 Å². The molecule has 1 atom stereocenters. The van der Waals surface area contributed by atoms with Gasteiger partial charge in [0.1, 0.15) is 19.0 Å². The number of aryl methyl sites for hydroxylation is 1. The fourth-order valence-electron chi connectivity index (χ4n) is 3.39. The van der Waals surface area contributed by atoms with Crippen molar-refractivity contribution in [2.75, 3.05) is 6.61 Å². The minimum absolute atomic E-state index is 0.0123. The highest BCUT2D eigenvalue weighted by atomic mass is 16.5. The van der Waals surface area contributed by atoms with E-state index in [2.05, 4.69) is 57.2 Å². The highest BCUT2D eigenvalue weighted by Crippen LogP contribution is 2.28. The van der Waals surface area contributed by atoms with Crippen LogP contribution in [0.5, 0.6) is 5.75 Å². The molecule has 4 heteroatoms. The lowest BCUT2D eigenvalue weighted by Crippen LogP contribution is -2.25. The van der Waals surface area contributed by atoms with Gasteiger partial charge < -0.3 is 14.6 Å². The number of carboxylic acid groups (broad SMARTS) is 1. The monoisotopic (exact) mass is 368 g/mol. The Morgan fingerprint density at radius 1 is 1.11 bits per heavy atom. The number of fused-ring (bicyclic) bond motifs is 1. The number of aliphatic carboxylic acids is 1. The summed E-state index contributed by atoms with van der Waals surface area (Å²) in [5.41, 5.74) is 5.12. The molecular weight excluding hydrogens is 340 g/mol. The molecule has 1 aliphatic carbocycles. The van der Waals surface area contributed by atoms with Crippen LogP contribution in [0.25, 0.3) is 0 Å². The summed E-state index contributed by atoms with van der Waals surface area (Å²) in [6, 6.07) is 14.8. The summed E-state index contributed by atoms with van der Waals surface area (Å²) in [4.78, 5) is 10.6. The maximum absolute atomic E-state index is 10.6. The zero-order valence-electron chi connectivity index (χ0n) is 16.3. The summed E-state index contributed by atoms with van der Waals surface area (Å²) in [7, 11) is 0. The van der Waals surface area contributed by atoms with Gasteiger partial charge >= 0.3 is 5.97 Å². The summed E-state index contributed by atoms with van der Waals surface area (Å²) in [6.45, 7) is 6.96. The van der Waals surface area contributed by atoms with Gasteiger partial charge in [-0.05, 0) is 59.1 Å². The molecule has 0 aromatic heterocycles. The first-order valence-electron chi connectivity index (χ1n) is 9.49. The number of ether oxygens (including phenoxy) is 2. The van der Waals surface area contributed by atoms with Crippen molar-refractivity contribution in [3.63, 3.8) is 0 Å². The average molecular weight is 368 g/mol. The van der Waals surface area contributed by atoms with E-state index in [-0.39, 0.29) is 18.1 Å². The molecule has 4 nitrogen and oxygen atoms in total. The zero-order valence-corrected chi connectivity index (χ0v) is 16.3. The van der Waals surface area contributed by atoms with E-state index in [1.54, 1.807) is 0 Å². The largest absolute Gasteiger partial charge is 0.489 e. The van der Waals surface area contributed by atoms with Crippen LogP contribution in [0.15, 0.2) is 42.5 Å². The number of carbonyl (C=O) groups is 1. The third kappa shape index (κ3) is 5.33. The molecule has 1 unspecified atom stereocenters. The van der Waals surface area contributed by atoms with Gasteiger partial charge in [0, 0.05) is 0 Å². The number of benzene rings is 2. The first-order valence-corrected chi connectivity index (χ1v) is 9.49. The van der Waals surface area contributed by atoms with Crippen LogP contribution in [0.2, 0.25) is 0 Å². The topological polar surface area (TPSA) is 55.8 Å². The Morgan fingerprint density at radius 3 is 2.52 bits per heavy atom. The average Bonchev–Trinajstić information content (AvgIpc) is 2.64. The van der Waals surface area contributed by atoms with E-state index in [0.29, 0.717) is 6.61 Å². The maximum Gasteiger partial charge on any atom is 0.329 e. The molecule has 0 bridgehead atoms. The van der Waals surface area contributed by atoms with Crippen molar-refractivity contribution in [1.29, 1.82) is 0 Å². The number of rotatable bonds is 6. The van der Waals surface area contributed by atoms with E-state index in [9.17, 15) is 4.79 Å². The first kappa shape index (κ1) is 19.4. The van der Waals surface area contributed by atoms with Crippen LogP contribution in [0.3, 0.4) is 0 Å². The van der Waals surface area contributed by atoms with E-state index in [1.165, 1.54) is 16.7 Å². The smallest absolute Gasteiger partial charge is 0.329 e. The van der Waals surface area contributed by atoms with Crippen molar-refractivity contribution < 1.29 is 19.4 Å². The molecule has 0 heterocycles. The molecule has 2 aromatic rings. The minimum atomic E-state index is -0.917. The highest BCUT2D eigenvalue weighted by molar-refractivity contribution is 5.68. The maximum atomic E-state index is 10.6. The second-order valence-electron chi connectivity index (χ2n) is 8.24. The Kier molecular flexibility index (Phi) is 5.85. The van der Waals surface area contributed by atoms with E-state index in [0.717, 1.165) is 30.6 Å². The van der Waals surface area contributed by atoms with Gasteiger partial charge in [-0.25, -0.2) is 4.79 Å². The molecule has 2 aromatic carbocycles. The molecule has 0 spiro atoms. The highest BCUT2D eigenvalue weighted by Gasteiger charge is 2.20. The van der Waals surface area contributed by atoms with Crippen molar-refractivity contribution in [1.82, 2.24) is 0 Å². The second-order valence-corrected chi connectivity index (χ2v) is 8.24. The summed E-state index contributed by atoms with van der Waals surface area (Å²) in [5.74, 6) is -0.0429. The van der Waals surface area contributed by atoms with Crippen molar-refractivity contribution in [2.45, 2.75) is 58.2 Å². The molecule has 0 aliphatic heterocycles. The predicted octanol–water partition coefficient (Wildman–Crippen LogP) is 4.52. The summed E-state index contributed by atoms with van der Waals surface area (Å²) in [5, 5.41) is 8.74. The second kappa shape index (κ2) is 8.13. The van der Waals surface area contributed by atoms with Gasteiger partial charge in [0.2, 0.25) is 0 Å². The molecule has 1 aliphatic rings. The normalized spacial score (nSPS) is 16.6. The Morgan fingerprint density at radius 2 is 1.85 bits per heavy atom. The quantitative estimate of drug-likeness (QED) is 0.814. The van der Waals surface area contributed by atoms with Gasteiger partial charge in [-0.2, -0.15) is 0 Å². The molecule has 3 rings (SSSR count). The van der Waals surface area contributed by atoms with Gasteiger partial charge in [0.05, 0.1) is 6.10 Å². The first-order chi connectivity index (χ1) is 12.8. The van der Waals surface area contributed by atoms with Gasteiger partial charge in [-0.1, -0.05) is 51.1 Å². The number of hydrogen-bond acceptors (Lipinski definition) is 3. The molecule has 27 heavy (non-hydrogen) atoms. The van der Waals surface area contributed by atoms with Crippen molar-refractivity contribution >= 4 is 5.97 Å². The molecule has 144 valence electrons. The molecule has 0 fully saturated rings. The fourth-order valence-corrected chi connectivity index (χ4v) is 3.39. The Labute approximate surface area is 161 Å². The lowest BCUT2D eigenvalue weighted by molar-refractivity contribution is -0.144.